The molecule has 0 saturated heterocycles. The van der Waals surface area contributed by atoms with Crippen LogP contribution in [0.15, 0.2) is 48.6 Å². The van der Waals surface area contributed by atoms with E-state index in [9.17, 15) is 24.9 Å². The van der Waals surface area contributed by atoms with Crippen molar-refractivity contribution in [3.05, 3.63) is 59.7 Å². The second-order valence-electron chi connectivity index (χ2n) is 5.46. The number of ether oxygens (including phenoxy) is 1. The van der Waals surface area contributed by atoms with E-state index in [0.717, 1.165) is 0 Å². The van der Waals surface area contributed by atoms with Crippen LogP contribution in [0.1, 0.15) is 17.5 Å². The summed E-state index contributed by atoms with van der Waals surface area (Å²) in [6.07, 6.45) is 5.19. The van der Waals surface area contributed by atoms with E-state index in [-0.39, 0.29) is 35.2 Å². The van der Waals surface area contributed by atoms with E-state index in [1.54, 1.807) is 12.1 Å². The summed E-state index contributed by atoms with van der Waals surface area (Å²) in [5, 5.41) is 28.1. The molecule has 0 unspecified atom stereocenters. The van der Waals surface area contributed by atoms with Gasteiger partial charge in [0.05, 0.1) is 13.5 Å². The molecule has 6 nitrogen and oxygen atoms in total. The first-order valence-electron chi connectivity index (χ1n) is 7.70. The Bertz CT molecular complexity index is 886. The molecule has 27 heavy (non-hydrogen) atoms. The van der Waals surface area contributed by atoms with Gasteiger partial charge < -0.3 is 20.1 Å². The maximum Gasteiger partial charge on any atom is 0.163 e. The van der Waals surface area contributed by atoms with E-state index < -0.39 is 5.78 Å². The second kappa shape index (κ2) is 9.08. The molecule has 2 rings (SSSR count). The molecule has 7 heteroatoms. The normalized spacial score (nSPS) is 10.7. The minimum absolute atomic E-state index is 0. The van der Waals surface area contributed by atoms with Crippen molar-refractivity contribution in [2.24, 2.45) is 0 Å². The fourth-order valence-electron chi connectivity index (χ4n) is 2.11. The topological polar surface area (TPSA) is 104 Å². The summed E-state index contributed by atoms with van der Waals surface area (Å²) in [6, 6.07) is 8.76. The van der Waals surface area contributed by atoms with Crippen molar-refractivity contribution in [1.29, 1.82) is 0 Å². The van der Waals surface area contributed by atoms with Crippen LogP contribution < -0.4 is 4.74 Å². The van der Waals surface area contributed by atoms with Crippen LogP contribution in [-0.2, 0) is 9.59 Å². The number of benzene rings is 2. The predicted molar refractivity (Wildman–Crippen MR) is 97.1 cm³/mol. The maximum atomic E-state index is 11.9. The Morgan fingerprint density at radius 2 is 1.37 bits per heavy atom. The Balaban J connectivity index is 0.00000364. The minimum Gasteiger partial charge on any atom is -0.504 e. The quantitative estimate of drug-likeness (QED) is 0.256. The molecule has 0 aliphatic carbocycles. The molecule has 0 atom stereocenters. The molecule has 0 spiro atoms. The molecule has 2 aromatic carbocycles. The van der Waals surface area contributed by atoms with Crippen LogP contribution in [0.4, 0.5) is 0 Å². The summed E-state index contributed by atoms with van der Waals surface area (Å²) >= 11 is 0. The van der Waals surface area contributed by atoms with Gasteiger partial charge in [-0.25, -0.2) is 0 Å². The van der Waals surface area contributed by atoms with Crippen molar-refractivity contribution in [1.82, 2.24) is 0 Å². The van der Waals surface area contributed by atoms with Crippen LogP contribution in [0.25, 0.3) is 12.2 Å². The molecule has 0 aromatic heterocycles. The largest absolute Gasteiger partial charge is 0.504 e. The zero-order chi connectivity index (χ0) is 19.1. The second-order valence-corrected chi connectivity index (χ2v) is 5.46. The van der Waals surface area contributed by atoms with Gasteiger partial charge in [-0.1, -0.05) is 24.3 Å². The Labute approximate surface area is 150 Å². The van der Waals surface area contributed by atoms with Crippen molar-refractivity contribution >= 4 is 23.7 Å². The molecule has 0 aliphatic rings. The molecule has 3 N–H and O–H groups in total. The number of allylic oxidation sites excluding steroid dienone is 2. The minimum atomic E-state index is -0.393. The molecular weight excluding hydrogens is 583 g/mol. The van der Waals surface area contributed by atoms with Crippen LogP contribution >= 0.6 is 0 Å². The Kier molecular flexibility index (Phi) is 6.89. The zero-order valence-electron chi connectivity index (χ0n) is 14.4. The number of hydrogen-bond donors (Lipinski definition) is 3. The molecular formula is C20H18CmO6. The third-order valence-electron chi connectivity index (χ3n) is 3.48. The molecule has 0 amide bonds. The van der Waals surface area contributed by atoms with Crippen LogP contribution in [0, 0.1) is 0 Å². The molecule has 0 saturated carbocycles. The van der Waals surface area contributed by atoms with Gasteiger partial charge in [0.25, 0.3) is 0 Å². The maximum absolute atomic E-state index is 11.9. The number of phenolic OH excluding ortho intramolecular Hbond substituents is 3. The standard InChI is InChI=1S/C20H18O6.Cm/c1-26-20-11-14(5-9-18(20)24)3-7-16(22)12-15(21)6-2-13-4-8-17(23)19(25)10-13;/h2-11,23-25H,12H2,1H3;/b6-2+,7-3+;. The molecule has 0 bridgehead atoms. The molecule has 2 aromatic rings. The van der Waals surface area contributed by atoms with Crippen LogP contribution in [0.2, 0.25) is 0 Å². The number of aromatic hydroxyl groups is 3. The van der Waals surface area contributed by atoms with Gasteiger partial charge in [-0.3, -0.25) is 9.59 Å². The van der Waals surface area contributed by atoms with Gasteiger partial charge in [-0.15, -0.1) is 0 Å². The number of carbonyl (C=O) groups is 2. The first-order chi connectivity index (χ1) is 12.4. The number of phenols is 3. The van der Waals surface area contributed by atoms with Gasteiger partial charge >= 0.3 is 0 Å². The number of hydrogen-bond acceptors (Lipinski definition) is 6. The van der Waals surface area contributed by atoms with E-state index in [0.29, 0.717) is 11.1 Å². The third kappa shape index (κ3) is 5.79. The van der Waals surface area contributed by atoms with Crippen molar-refractivity contribution < 1.29 is 29.6 Å². The first-order valence-corrected chi connectivity index (χ1v) is 7.70. The van der Waals surface area contributed by atoms with E-state index in [1.807, 2.05) is 0 Å². The summed E-state index contributed by atoms with van der Waals surface area (Å²) in [7, 11) is 1.42. The van der Waals surface area contributed by atoms with E-state index in [4.69, 9.17) is 4.74 Å². The average molecular weight is 601 g/mol. The zero-order valence-corrected chi connectivity index (χ0v) is 17.3. The van der Waals surface area contributed by atoms with Gasteiger partial charge in [0.2, 0.25) is 0 Å². The average Bonchev–Trinajstić information content (AvgIpc) is 2.62. The fourth-order valence-corrected chi connectivity index (χ4v) is 2.11. The van der Waals surface area contributed by atoms with Crippen molar-refractivity contribution in [2.75, 3.05) is 7.11 Å². The van der Waals surface area contributed by atoms with Crippen molar-refractivity contribution in [2.45, 2.75) is 6.42 Å². The third-order valence-corrected chi connectivity index (χ3v) is 3.48. The van der Waals surface area contributed by atoms with Gasteiger partial charge in [0, 0.05) is 0 Å². The molecule has 142 valence electrons. The Morgan fingerprint density at radius 3 is 1.89 bits per heavy atom. The summed E-state index contributed by atoms with van der Waals surface area (Å²) < 4.78 is 4.98. The Morgan fingerprint density at radius 1 is 0.852 bits per heavy atom. The van der Waals surface area contributed by atoms with Gasteiger partial charge in [-0.05, 0) is 47.5 Å². The predicted octanol–water partition coefficient (Wildman–Crippen LogP) is 3.07. The van der Waals surface area contributed by atoms with Gasteiger partial charge in [0.1, 0.15) is 0 Å². The van der Waals surface area contributed by atoms with Crippen LogP contribution in [0.3, 0.4) is 0 Å². The number of ketones is 2. The molecule has 0 radical (unpaired) electrons. The van der Waals surface area contributed by atoms with Crippen molar-refractivity contribution in [3.8, 4) is 23.0 Å². The first kappa shape index (κ1) is 20.5. The van der Waals surface area contributed by atoms with Crippen molar-refractivity contribution in [3.63, 3.8) is 0 Å². The van der Waals surface area contributed by atoms with E-state index >= 15 is 0 Å². The number of rotatable bonds is 7. The fraction of sp³-hybridized carbons (Fsp3) is 0.100. The van der Waals surface area contributed by atoms with E-state index in [1.165, 1.54) is 55.7 Å². The SMILES string of the molecule is COc1cc(/C=C/C(=O)CC(=O)/C=C/c2ccc(O)c(O)c2)ccc1O.[Cm]. The smallest absolute Gasteiger partial charge is 0.163 e. The molecule has 0 fully saturated rings. The van der Waals surface area contributed by atoms with Gasteiger partial charge in [0.15, 0.2) is 34.6 Å². The van der Waals surface area contributed by atoms with E-state index in [2.05, 4.69) is 0 Å². The monoisotopic (exact) mass is 597 g/mol. The summed E-state index contributed by atoms with van der Waals surface area (Å²) in [4.78, 5) is 23.7. The summed E-state index contributed by atoms with van der Waals surface area (Å²) in [5.74, 6) is -1.02. The summed E-state index contributed by atoms with van der Waals surface area (Å²) in [5.41, 5.74) is 1.17. The van der Waals surface area contributed by atoms with Crippen LogP contribution in [0.5, 0.6) is 23.0 Å². The Hall–Kier alpha value is -4.54. The van der Waals surface area contributed by atoms with Crippen LogP contribution in [-0.4, -0.2) is 34.0 Å². The molecule has 0 heterocycles. The number of methoxy groups -OCH3 is 1. The summed E-state index contributed by atoms with van der Waals surface area (Å²) in [6.45, 7) is 0. The molecule has 0 aliphatic heterocycles. The van der Waals surface area contributed by atoms with Gasteiger partial charge in [-0.2, -0.15) is 0 Å². The number of carbonyl (C=O) groups excluding carboxylic acids is 2.